The summed E-state index contributed by atoms with van der Waals surface area (Å²) < 4.78 is 104. The minimum atomic E-state index is -5.27. The largest absolute Gasteiger partial charge is 0.478 e. The van der Waals surface area contributed by atoms with Gasteiger partial charge in [0.15, 0.2) is 0 Å². The maximum atomic E-state index is 13.5. The van der Waals surface area contributed by atoms with Crippen molar-refractivity contribution in [3.05, 3.63) is 70.3 Å². The summed E-state index contributed by atoms with van der Waals surface area (Å²) in [5.74, 6) is -7.81. The van der Waals surface area contributed by atoms with Crippen LogP contribution in [0.15, 0.2) is 36.4 Å². The Hall–Kier alpha value is -3.44. The van der Waals surface area contributed by atoms with Crippen LogP contribution in [-0.2, 0) is 21.9 Å². The minimum Gasteiger partial charge on any atom is -0.478 e. The van der Waals surface area contributed by atoms with E-state index in [1.807, 2.05) is 0 Å². The Morgan fingerprint density at radius 1 is 0.633 bits per heavy atom. The Morgan fingerprint density at radius 2 is 0.933 bits per heavy atom. The molecule has 0 atom stereocenters. The molecule has 0 saturated carbocycles. The van der Waals surface area contributed by atoms with E-state index in [4.69, 9.17) is 0 Å². The molecular formula is C18H8F8O4. The third-order valence-corrected chi connectivity index (χ3v) is 3.80. The molecule has 4 nitrogen and oxygen atoms in total. The predicted molar refractivity (Wildman–Crippen MR) is 84.9 cm³/mol. The number of hydrogen-bond acceptors (Lipinski definition) is 2. The van der Waals surface area contributed by atoms with Crippen LogP contribution in [0.2, 0.25) is 0 Å². The number of rotatable bonds is 4. The van der Waals surface area contributed by atoms with Crippen molar-refractivity contribution < 1.29 is 54.9 Å². The van der Waals surface area contributed by atoms with Gasteiger partial charge in [-0.15, -0.1) is 0 Å². The molecule has 0 aliphatic rings. The molecule has 0 aliphatic carbocycles. The first-order chi connectivity index (χ1) is 13.6. The van der Waals surface area contributed by atoms with Crippen molar-refractivity contribution >= 4 is 23.1 Å². The molecule has 0 amide bonds. The van der Waals surface area contributed by atoms with Crippen molar-refractivity contribution in [2.75, 3.05) is 0 Å². The molecule has 30 heavy (non-hydrogen) atoms. The van der Waals surface area contributed by atoms with Crippen molar-refractivity contribution in [2.45, 2.75) is 12.4 Å². The molecule has 0 saturated heterocycles. The van der Waals surface area contributed by atoms with Crippen LogP contribution < -0.4 is 0 Å². The van der Waals surface area contributed by atoms with Crippen LogP contribution in [0, 0.1) is 11.6 Å². The lowest BCUT2D eigenvalue weighted by Gasteiger charge is -2.15. The summed E-state index contributed by atoms with van der Waals surface area (Å²) in [5.41, 5.74) is -8.42. The molecule has 0 spiro atoms. The van der Waals surface area contributed by atoms with Crippen molar-refractivity contribution in [3.63, 3.8) is 0 Å². The SMILES string of the molecule is O=C(O)/C(=C(/C(=O)O)c1ccc(F)c(C(F)(F)F)c1)c1ccc(F)c(C(F)(F)F)c1. The van der Waals surface area contributed by atoms with E-state index in [0.717, 1.165) is 0 Å². The van der Waals surface area contributed by atoms with Gasteiger partial charge in [0, 0.05) is 0 Å². The number of aliphatic carboxylic acids is 2. The van der Waals surface area contributed by atoms with E-state index >= 15 is 0 Å². The summed E-state index contributed by atoms with van der Waals surface area (Å²) in [5, 5.41) is 18.7. The standard InChI is InChI=1S/C18H8F8O4/c19-11-3-1-7(5-9(11)17(21,22)23)13(15(27)28)14(16(29)30)8-2-4-12(20)10(6-8)18(24,25)26/h1-6H,(H,27,28)(H,29,30)/b14-13+. The summed E-state index contributed by atoms with van der Waals surface area (Å²) in [6.07, 6.45) is -10.5. The van der Waals surface area contributed by atoms with Crippen LogP contribution in [0.1, 0.15) is 22.3 Å². The number of carboxylic acid groups (broad SMARTS) is 2. The number of carbonyl (C=O) groups is 2. The van der Waals surface area contributed by atoms with Gasteiger partial charge in [-0.25, -0.2) is 18.4 Å². The third-order valence-electron chi connectivity index (χ3n) is 3.80. The summed E-state index contributed by atoms with van der Waals surface area (Å²) in [6.45, 7) is 0. The van der Waals surface area contributed by atoms with Gasteiger partial charge in [0.25, 0.3) is 0 Å². The highest BCUT2D eigenvalue weighted by Crippen LogP contribution is 2.37. The molecule has 0 bridgehead atoms. The van der Waals surface area contributed by atoms with E-state index < -0.39 is 69.3 Å². The number of alkyl halides is 6. The molecule has 0 aliphatic heterocycles. The van der Waals surface area contributed by atoms with Gasteiger partial charge in [0.2, 0.25) is 0 Å². The van der Waals surface area contributed by atoms with E-state index in [1.165, 1.54) is 0 Å². The van der Waals surface area contributed by atoms with E-state index in [1.54, 1.807) is 0 Å². The van der Waals surface area contributed by atoms with Gasteiger partial charge in [0.1, 0.15) is 11.6 Å². The van der Waals surface area contributed by atoms with Gasteiger partial charge >= 0.3 is 24.3 Å². The van der Waals surface area contributed by atoms with Crippen LogP contribution >= 0.6 is 0 Å². The fraction of sp³-hybridized carbons (Fsp3) is 0.111. The Balaban J connectivity index is 2.89. The van der Waals surface area contributed by atoms with Crippen molar-refractivity contribution in [1.82, 2.24) is 0 Å². The van der Waals surface area contributed by atoms with Gasteiger partial charge in [0.05, 0.1) is 22.3 Å². The van der Waals surface area contributed by atoms with Crippen molar-refractivity contribution in [2.24, 2.45) is 0 Å². The van der Waals surface area contributed by atoms with Crippen LogP contribution in [0.4, 0.5) is 35.1 Å². The minimum absolute atomic E-state index is 0.00984. The van der Waals surface area contributed by atoms with Crippen LogP contribution in [-0.4, -0.2) is 22.2 Å². The van der Waals surface area contributed by atoms with E-state index in [-0.39, 0.29) is 24.3 Å². The molecule has 2 rings (SSSR count). The Bertz CT molecular complexity index is 968. The molecular weight excluding hydrogens is 432 g/mol. The zero-order chi connectivity index (χ0) is 23.0. The van der Waals surface area contributed by atoms with Gasteiger partial charge < -0.3 is 10.2 Å². The molecule has 0 radical (unpaired) electrons. The summed E-state index contributed by atoms with van der Waals surface area (Å²) >= 11 is 0. The first-order valence-electron chi connectivity index (χ1n) is 7.59. The Labute approximate surface area is 161 Å². The highest BCUT2D eigenvalue weighted by atomic mass is 19.4. The molecule has 160 valence electrons. The van der Waals surface area contributed by atoms with E-state index in [9.17, 15) is 54.9 Å². The second kappa shape index (κ2) is 7.76. The highest BCUT2D eigenvalue weighted by molar-refractivity contribution is 6.36. The molecule has 0 heterocycles. The second-order valence-corrected chi connectivity index (χ2v) is 5.75. The molecule has 12 heteroatoms. The summed E-state index contributed by atoms with van der Waals surface area (Å²) in [6, 6.07) is 1.51. The average molecular weight is 440 g/mol. The van der Waals surface area contributed by atoms with Gasteiger partial charge in [-0.1, -0.05) is 12.1 Å². The zero-order valence-electron chi connectivity index (χ0n) is 14.2. The molecule has 0 unspecified atom stereocenters. The van der Waals surface area contributed by atoms with Crippen LogP contribution in [0.25, 0.3) is 11.1 Å². The number of carboxylic acids is 2. The van der Waals surface area contributed by atoms with Gasteiger partial charge in [-0.3, -0.25) is 0 Å². The first-order valence-corrected chi connectivity index (χ1v) is 7.59. The van der Waals surface area contributed by atoms with Crippen LogP contribution in [0.5, 0.6) is 0 Å². The lowest BCUT2D eigenvalue weighted by atomic mass is 9.92. The maximum absolute atomic E-state index is 13.5. The smallest absolute Gasteiger partial charge is 0.419 e. The maximum Gasteiger partial charge on any atom is 0.419 e. The van der Waals surface area contributed by atoms with Crippen LogP contribution in [0.3, 0.4) is 0 Å². The summed E-state index contributed by atoms with van der Waals surface area (Å²) in [4.78, 5) is 23.2. The van der Waals surface area contributed by atoms with Gasteiger partial charge in [-0.05, 0) is 35.4 Å². The molecule has 2 N–H and O–H groups in total. The average Bonchev–Trinajstić information content (AvgIpc) is 2.58. The van der Waals surface area contributed by atoms with E-state index in [0.29, 0.717) is 12.1 Å². The molecule has 2 aromatic carbocycles. The lowest BCUT2D eigenvalue weighted by molar-refractivity contribution is -0.140. The molecule has 0 aromatic heterocycles. The monoisotopic (exact) mass is 440 g/mol. The van der Waals surface area contributed by atoms with Crippen molar-refractivity contribution in [1.29, 1.82) is 0 Å². The first kappa shape index (κ1) is 22.8. The quantitative estimate of drug-likeness (QED) is 0.395. The highest BCUT2D eigenvalue weighted by Gasteiger charge is 2.37. The number of benzene rings is 2. The topological polar surface area (TPSA) is 74.6 Å². The lowest BCUT2D eigenvalue weighted by Crippen LogP contribution is -2.14. The van der Waals surface area contributed by atoms with E-state index in [2.05, 4.69) is 0 Å². The van der Waals surface area contributed by atoms with Gasteiger partial charge in [-0.2, -0.15) is 26.3 Å². The fourth-order valence-corrected chi connectivity index (χ4v) is 2.55. The van der Waals surface area contributed by atoms with Crippen molar-refractivity contribution in [3.8, 4) is 0 Å². The Kier molecular flexibility index (Phi) is 5.91. The zero-order valence-corrected chi connectivity index (χ0v) is 14.2. The Morgan fingerprint density at radius 3 is 1.17 bits per heavy atom. The fourth-order valence-electron chi connectivity index (χ4n) is 2.55. The normalized spacial score (nSPS) is 13.1. The predicted octanol–water partition coefficient (Wildman–Crippen LogP) is 5.08. The number of hydrogen-bond donors (Lipinski definition) is 2. The second-order valence-electron chi connectivity index (χ2n) is 5.75. The number of halogens is 8. The summed E-state index contributed by atoms with van der Waals surface area (Å²) in [7, 11) is 0. The molecule has 2 aromatic rings. The molecule has 0 fully saturated rings. The third kappa shape index (κ3) is 4.58.